The van der Waals surface area contributed by atoms with E-state index in [1.165, 1.54) is 0 Å². The van der Waals surface area contributed by atoms with Crippen LogP contribution in [-0.2, 0) is 20.9 Å². The first kappa shape index (κ1) is 16.5. The normalized spacial score (nSPS) is 14.3. The number of fused-ring (bicyclic) bond motifs is 1. The molecule has 3 rings (SSSR count). The third kappa shape index (κ3) is 4.35. The lowest BCUT2D eigenvalue weighted by atomic mass is 10.2. The van der Waals surface area contributed by atoms with Crippen LogP contribution in [0.3, 0.4) is 0 Å². The van der Waals surface area contributed by atoms with Gasteiger partial charge in [0.05, 0.1) is 11.4 Å². The Bertz CT molecular complexity index is 753. The fourth-order valence-electron chi connectivity index (χ4n) is 2.42. The number of amides is 3. The Labute approximate surface area is 144 Å². The number of nitrogens with zero attached hydrogens (tertiary/aromatic N) is 1. The maximum absolute atomic E-state index is 12.3. The molecule has 128 valence electrons. The van der Waals surface area contributed by atoms with Crippen molar-refractivity contribution in [2.24, 2.45) is 0 Å². The van der Waals surface area contributed by atoms with Crippen LogP contribution in [0.15, 0.2) is 54.6 Å². The fourth-order valence-corrected chi connectivity index (χ4v) is 2.42. The van der Waals surface area contributed by atoms with Crippen LogP contribution >= 0.6 is 0 Å². The monoisotopic (exact) mass is 339 g/mol. The Balaban J connectivity index is 1.69. The number of nitrogens with one attached hydrogen (secondary N) is 2. The average Bonchev–Trinajstić information content (AvgIpc) is 2.67. The van der Waals surface area contributed by atoms with Gasteiger partial charge in [-0.25, -0.2) is 4.79 Å². The van der Waals surface area contributed by atoms with Gasteiger partial charge in [-0.3, -0.25) is 14.5 Å². The van der Waals surface area contributed by atoms with Gasteiger partial charge in [0.15, 0.2) is 0 Å². The van der Waals surface area contributed by atoms with E-state index in [2.05, 4.69) is 10.6 Å². The van der Waals surface area contributed by atoms with Crippen molar-refractivity contribution in [3.8, 4) is 0 Å². The standard InChI is InChI=1S/C18H17N3O4/c22-16-10-21(18(24)25-12-13-6-2-1-3-7-13)11-17(23)20-15-9-5-4-8-14(15)19-16/h1-9H,10-12H2,(H,19,22)(H,20,23). The molecule has 1 aliphatic rings. The smallest absolute Gasteiger partial charge is 0.411 e. The molecule has 0 bridgehead atoms. The van der Waals surface area contributed by atoms with E-state index >= 15 is 0 Å². The Hall–Kier alpha value is -3.35. The molecule has 0 atom stereocenters. The molecule has 0 unspecified atom stereocenters. The molecular formula is C18H17N3O4. The van der Waals surface area contributed by atoms with E-state index < -0.39 is 17.9 Å². The van der Waals surface area contributed by atoms with Crippen molar-refractivity contribution in [2.75, 3.05) is 23.7 Å². The van der Waals surface area contributed by atoms with Gasteiger partial charge >= 0.3 is 6.09 Å². The van der Waals surface area contributed by atoms with Crippen molar-refractivity contribution in [3.63, 3.8) is 0 Å². The molecule has 2 N–H and O–H groups in total. The zero-order valence-electron chi connectivity index (χ0n) is 13.4. The van der Waals surface area contributed by atoms with E-state index in [-0.39, 0.29) is 19.7 Å². The molecule has 0 radical (unpaired) electrons. The number of carbonyl (C=O) groups excluding carboxylic acids is 3. The first-order valence-electron chi connectivity index (χ1n) is 7.76. The molecule has 0 saturated carbocycles. The summed E-state index contributed by atoms with van der Waals surface area (Å²) in [7, 11) is 0. The van der Waals surface area contributed by atoms with Crippen molar-refractivity contribution >= 4 is 29.3 Å². The largest absolute Gasteiger partial charge is 0.445 e. The number of carbonyl (C=O) groups is 3. The van der Waals surface area contributed by atoms with Crippen LogP contribution in [0.1, 0.15) is 5.56 Å². The zero-order valence-corrected chi connectivity index (χ0v) is 13.4. The van der Waals surface area contributed by atoms with Crippen molar-refractivity contribution < 1.29 is 19.1 Å². The molecule has 0 fully saturated rings. The molecule has 7 nitrogen and oxygen atoms in total. The van der Waals surface area contributed by atoms with E-state index in [0.29, 0.717) is 11.4 Å². The number of hydrogen-bond donors (Lipinski definition) is 2. The van der Waals surface area contributed by atoms with Gasteiger partial charge in [-0.15, -0.1) is 0 Å². The number of para-hydroxylation sites is 2. The van der Waals surface area contributed by atoms with Crippen LogP contribution in [-0.4, -0.2) is 35.9 Å². The van der Waals surface area contributed by atoms with E-state index in [0.717, 1.165) is 10.5 Å². The first-order valence-corrected chi connectivity index (χ1v) is 7.76. The number of rotatable bonds is 2. The number of hydrogen-bond acceptors (Lipinski definition) is 4. The van der Waals surface area contributed by atoms with Crippen LogP contribution in [0.4, 0.5) is 16.2 Å². The summed E-state index contributed by atoms with van der Waals surface area (Å²) < 4.78 is 5.21. The Kier molecular flexibility index (Phi) is 4.94. The molecule has 0 saturated heterocycles. The molecule has 0 aromatic heterocycles. The Morgan fingerprint density at radius 3 is 1.96 bits per heavy atom. The van der Waals surface area contributed by atoms with Gasteiger partial charge in [-0.2, -0.15) is 0 Å². The highest BCUT2D eigenvalue weighted by atomic mass is 16.6. The van der Waals surface area contributed by atoms with E-state index in [1.807, 2.05) is 30.3 Å². The fraction of sp³-hybridized carbons (Fsp3) is 0.167. The molecule has 0 spiro atoms. The summed E-state index contributed by atoms with van der Waals surface area (Å²) >= 11 is 0. The minimum absolute atomic E-state index is 0.0691. The summed E-state index contributed by atoms with van der Waals surface area (Å²) in [6.07, 6.45) is -0.722. The van der Waals surface area contributed by atoms with Crippen molar-refractivity contribution in [2.45, 2.75) is 6.61 Å². The molecule has 2 aromatic rings. The Morgan fingerprint density at radius 1 is 0.880 bits per heavy atom. The van der Waals surface area contributed by atoms with Gasteiger partial charge in [0.1, 0.15) is 19.7 Å². The first-order chi connectivity index (χ1) is 12.1. The summed E-state index contributed by atoms with van der Waals surface area (Å²) in [6, 6.07) is 16.0. The third-order valence-corrected chi connectivity index (χ3v) is 3.61. The maximum Gasteiger partial charge on any atom is 0.411 e. The van der Waals surface area contributed by atoms with E-state index in [9.17, 15) is 14.4 Å². The highest BCUT2D eigenvalue weighted by Gasteiger charge is 2.24. The maximum atomic E-state index is 12.3. The second-order valence-corrected chi connectivity index (χ2v) is 5.54. The van der Waals surface area contributed by atoms with Gasteiger partial charge in [0.2, 0.25) is 11.8 Å². The molecule has 1 heterocycles. The van der Waals surface area contributed by atoms with Crippen molar-refractivity contribution in [1.82, 2.24) is 4.90 Å². The second-order valence-electron chi connectivity index (χ2n) is 5.54. The van der Waals surface area contributed by atoms with E-state index in [1.54, 1.807) is 24.3 Å². The summed E-state index contributed by atoms with van der Waals surface area (Å²) in [5.41, 5.74) is 1.79. The number of anilines is 2. The predicted octanol–water partition coefficient (Wildman–Crippen LogP) is 2.22. The minimum Gasteiger partial charge on any atom is -0.445 e. The predicted molar refractivity (Wildman–Crippen MR) is 91.9 cm³/mol. The van der Waals surface area contributed by atoms with Crippen LogP contribution in [0.25, 0.3) is 0 Å². The molecule has 2 aromatic carbocycles. The summed E-state index contributed by atoms with van der Waals surface area (Å²) in [6.45, 7) is -0.468. The van der Waals surface area contributed by atoms with Gasteiger partial charge < -0.3 is 15.4 Å². The summed E-state index contributed by atoms with van der Waals surface area (Å²) in [5.74, 6) is -0.804. The van der Waals surface area contributed by atoms with Gasteiger partial charge in [0.25, 0.3) is 0 Å². The highest BCUT2D eigenvalue weighted by Crippen LogP contribution is 2.21. The van der Waals surface area contributed by atoms with Crippen LogP contribution < -0.4 is 10.6 Å². The summed E-state index contributed by atoms with van der Waals surface area (Å²) in [5, 5.41) is 5.36. The molecule has 0 aliphatic carbocycles. The summed E-state index contributed by atoms with van der Waals surface area (Å²) in [4.78, 5) is 37.6. The van der Waals surface area contributed by atoms with Gasteiger partial charge in [-0.1, -0.05) is 42.5 Å². The lowest BCUT2D eigenvalue weighted by Crippen LogP contribution is -2.41. The van der Waals surface area contributed by atoms with E-state index in [4.69, 9.17) is 4.74 Å². The molecule has 3 amide bonds. The number of ether oxygens (including phenoxy) is 1. The minimum atomic E-state index is -0.722. The van der Waals surface area contributed by atoms with Gasteiger partial charge in [-0.05, 0) is 17.7 Å². The lowest BCUT2D eigenvalue weighted by Gasteiger charge is -2.19. The molecule has 7 heteroatoms. The highest BCUT2D eigenvalue weighted by molar-refractivity contribution is 6.03. The zero-order chi connectivity index (χ0) is 17.6. The SMILES string of the molecule is O=C1CN(C(=O)OCc2ccccc2)CC(=O)Nc2ccccc2N1. The second kappa shape index (κ2) is 7.48. The average molecular weight is 339 g/mol. The molecule has 25 heavy (non-hydrogen) atoms. The molecular weight excluding hydrogens is 322 g/mol. The van der Waals surface area contributed by atoms with Crippen molar-refractivity contribution in [1.29, 1.82) is 0 Å². The number of benzene rings is 2. The topological polar surface area (TPSA) is 87.7 Å². The quantitative estimate of drug-likeness (QED) is 0.878. The van der Waals surface area contributed by atoms with Crippen LogP contribution in [0.2, 0.25) is 0 Å². The third-order valence-electron chi connectivity index (χ3n) is 3.61. The van der Waals surface area contributed by atoms with Crippen molar-refractivity contribution in [3.05, 3.63) is 60.2 Å². The van der Waals surface area contributed by atoms with Crippen LogP contribution in [0.5, 0.6) is 0 Å². The van der Waals surface area contributed by atoms with Gasteiger partial charge in [0, 0.05) is 0 Å². The Morgan fingerprint density at radius 2 is 1.40 bits per heavy atom. The van der Waals surface area contributed by atoms with Crippen LogP contribution in [0, 0.1) is 0 Å². The lowest BCUT2D eigenvalue weighted by molar-refractivity contribution is -0.119. The molecule has 1 aliphatic heterocycles.